The summed E-state index contributed by atoms with van der Waals surface area (Å²) in [5.41, 5.74) is 2.05. The number of thiazole rings is 1. The van der Waals surface area contributed by atoms with Crippen LogP contribution < -0.4 is 4.90 Å². The summed E-state index contributed by atoms with van der Waals surface area (Å²) in [6, 6.07) is 28.5. The quantitative estimate of drug-likeness (QED) is 0.245. The highest BCUT2D eigenvalue weighted by Crippen LogP contribution is 2.30. The molecular formula is C24H22N2OS2. The Morgan fingerprint density at radius 1 is 0.897 bits per heavy atom. The van der Waals surface area contributed by atoms with Gasteiger partial charge in [-0.05, 0) is 42.0 Å². The molecule has 4 aromatic rings. The van der Waals surface area contributed by atoms with Crippen molar-refractivity contribution in [3.63, 3.8) is 0 Å². The van der Waals surface area contributed by atoms with E-state index in [0.29, 0.717) is 13.0 Å². The standard InChI is InChI=1S/C24H22N2OS2/c27-23(16-9-17-28-20-12-5-2-6-13-20)26(18-19-10-3-1-4-11-19)24-25-21-14-7-8-15-22(21)29-24/h1-8,10-15H,9,16-18H2. The molecular weight excluding hydrogens is 396 g/mol. The Kier molecular flexibility index (Phi) is 6.60. The summed E-state index contributed by atoms with van der Waals surface area (Å²) >= 11 is 3.37. The van der Waals surface area contributed by atoms with Crippen molar-refractivity contribution in [2.45, 2.75) is 24.3 Å². The number of carbonyl (C=O) groups is 1. The first-order valence-electron chi connectivity index (χ1n) is 9.67. The molecule has 0 saturated carbocycles. The number of carbonyl (C=O) groups excluding carboxylic acids is 1. The van der Waals surface area contributed by atoms with Crippen LogP contribution in [0.15, 0.2) is 89.8 Å². The van der Waals surface area contributed by atoms with Crippen molar-refractivity contribution in [1.29, 1.82) is 0 Å². The van der Waals surface area contributed by atoms with Crippen LogP contribution in [0.25, 0.3) is 10.2 Å². The van der Waals surface area contributed by atoms with Crippen LogP contribution in [0.5, 0.6) is 0 Å². The number of para-hydroxylation sites is 1. The van der Waals surface area contributed by atoms with Crippen LogP contribution in [-0.2, 0) is 11.3 Å². The van der Waals surface area contributed by atoms with Crippen molar-refractivity contribution in [3.8, 4) is 0 Å². The number of hydrogen-bond acceptors (Lipinski definition) is 4. The largest absolute Gasteiger partial charge is 0.284 e. The van der Waals surface area contributed by atoms with Crippen LogP contribution in [-0.4, -0.2) is 16.6 Å². The molecule has 1 heterocycles. The molecule has 4 rings (SSSR count). The minimum atomic E-state index is 0.126. The zero-order valence-electron chi connectivity index (χ0n) is 16.0. The molecule has 0 aliphatic rings. The van der Waals surface area contributed by atoms with E-state index < -0.39 is 0 Å². The first-order chi connectivity index (χ1) is 14.3. The highest BCUT2D eigenvalue weighted by molar-refractivity contribution is 7.99. The zero-order chi connectivity index (χ0) is 19.9. The molecule has 0 radical (unpaired) electrons. The van der Waals surface area contributed by atoms with E-state index in [9.17, 15) is 4.79 Å². The van der Waals surface area contributed by atoms with E-state index in [1.54, 1.807) is 23.1 Å². The third kappa shape index (κ3) is 5.25. The fourth-order valence-corrected chi connectivity index (χ4v) is 4.93. The molecule has 3 aromatic carbocycles. The first kappa shape index (κ1) is 19.7. The lowest BCUT2D eigenvalue weighted by Gasteiger charge is -2.20. The predicted octanol–water partition coefficient (Wildman–Crippen LogP) is 6.40. The lowest BCUT2D eigenvalue weighted by atomic mass is 10.2. The molecule has 0 N–H and O–H groups in total. The maximum Gasteiger partial charge on any atom is 0.229 e. The van der Waals surface area contributed by atoms with Gasteiger partial charge in [0.15, 0.2) is 5.13 Å². The molecule has 0 saturated heterocycles. The Balaban J connectivity index is 1.46. The predicted molar refractivity (Wildman–Crippen MR) is 124 cm³/mol. The van der Waals surface area contributed by atoms with Gasteiger partial charge in [-0.3, -0.25) is 9.69 Å². The zero-order valence-corrected chi connectivity index (χ0v) is 17.7. The van der Waals surface area contributed by atoms with E-state index >= 15 is 0 Å². The average Bonchev–Trinajstić information content (AvgIpc) is 3.20. The SMILES string of the molecule is O=C(CCCSc1ccccc1)N(Cc1ccccc1)c1nc2ccccc2s1. The van der Waals surface area contributed by atoms with Crippen molar-refractivity contribution >= 4 is 44.4 Å². The molecule has 0 fully saturated rings. The average molecular weight is 419 g/mol. The third-order valence-corrected chi connectivity index (χ3v) is 6.70. The fourth-order valence-electron chi connectivity index (χ4n) is 3.07. The summed E-state index contributed by atoms with van der Waals surface area (Å²) < 4.78 is 1.10. The van der Waals surface area contributed by atoms with Gasteiger partial charge in [0.25, 0.3) is 0 Å². The Morgan fingerprint density at radius 2 is 1.59 bits per heavy atom. The van der Waals surface area contributed by atoms with Gasteiger partial charge in [0, 0.05) is 11.3 Å². The van der Waals surface area contributed by atoms with Gasteiger partial charge in [-0.2, -0.15) is 0 Å². The molecule has 1 aromatic heterocycles. The lowest BCUT2D eigenvalue weighted by molar-refractivity contribution is -0.118. The number of rotatable bonds is 8. The molecule has 0 aliphatic carbocycles. The maximum absolute atomic E-state index is 13.1. The van der Waals surface area contributed by atoms with Crippen molar-refractivity contribution in [1.82, 2.24) is 4.98 Å². The molecule has 0 unspecified atom stereocenters. The van der Waals surface area contributed by atoms with E-state index in [1.165, 1.54) is 4.90 Å². The van der Waals surface area contributed by atoms with Gasteiger partial charge < -0.3 is 0 Å². The van der Waals surface area contributed by atoms with Crippen LogP contribution in [0, 0.1) is 0 Å². The van der Waals surface area contributed by atoms with E-state index in [2.05, 4.69) is 30.3 Å². The molecule has 146 valence electrons. The second kappa shape index (κ2) is 9.72. The number of amides is 1. The summed E-state index contributed by atoms with van der Waals surface area (Å²) in [7, 11) is 0. The van der Waals surface area contributed by atoms with E-state index in [0.717, 1.165) is 33.1 Å². The number of thioether (sulfide) groups is 1. The number of fused-ring (bicyclic) bond motifs is 1. The number of anilines is 1. The smallest absolute Gasteiger partial charge is 0.229 e. The first-order valence-corrected chi connectivity index (χ1v) is 11.5. The van der Waals surface area contributed by atoms with E-state index in [-0.39, 0.29) is 5.91 Å². The Labute approximate surface area is 179 Å². The summed E-state index contributed by atoms with van der Waals surface area (Å²) in [5.74, 6) is 1.05. The Bertz CT molecular complexity index is 1030. The second-order valence-electron chi connectivity index (χ2n) is 6.69. The summed E-state index contributed by atoms with van der Waals surface area (Å²) in [6.45, 7) is 0.547. The summed E-state index contributed by atoms with van der Waals surface area (Å²) in [5, 5.41) is 0.774. The minimum Gasteiger partial charge on any atom is -0.284 e. The van der Waals surface area contributed by atoms with Crippen molar-refractivity contribution in [2.75, 3.05) is 10.7 Å². The number of hydrogen-bond donors (Lipinski definition) is 0. The maximum atomic E-state index is 13.1. The highest BCUT2D eigenvalue weighted by Gasteiger charge is 2.19. The number of benzene rings is 3. The number of aromatic nitrogens is 1. The van der Waals surface area contributed by atoms with Crippen LogP contribution in [0.1, 0.15) is 18.4 Å². The van der Waals surface area contributed by atoms with Crippen LogP contribution in [0.4, 0.5) is 5.13 Å². The van der Waals surface area contributed by atoms with Gasteiger partial charge in [-0.1, -0.05) is 72.0 Å². The molecule has 3 nitrogen and oxygen atoms in total. The molecule has 29 heavy (non-hydrogen) atoms. The monoisotopic (exact) mass is 418 g/mol. The summed E-state index contributed by atoms with van der Waals surface area (Å²) in [4.78, 5) is 20.9. The Morgan fingerprint density at radius 3 is 2.34 bits per heavy atom. The third-order valence-electron chi connectivity index (χ3n) is 4.54. The minimum absolute atomic E-state index is 0.126. The molecule has 5 heteroatoms. The van der Waals surface area contributed by atoms with Crippen molar-refractivity contribution < 1.29 is 4.79 Å². The van der Waals surface area contributed by atoms with Gasteiger partial charge >= 0.3 is 0 Å². The highest BCUT2D eigenvalue weighted by atomic mass is 32.2. The van der Waals surface area contributed by atoms with Gasteiger partial charge in [0.1, 0.15) is 0 Å². The van der Waals surface area contributed by atoms with Gasteiger partial charge in [-0.15, -0.1) is 11.8 Å². The molecule has 0 spiro atoms. The van der Waals surface area contributed by atoms with Crippen LogP contribution in [0.2, 0.25) is 0 Å². The van der Waals surface area contributed by atoms with Crippen molar-refractivity contribution in [2.24, 2.45) is 0 Å². The Hall–Kier alpha value is -2.63. The molecule has 0 aliphatic heterocycles. The second-order valence-corrected chi connectivity index (χ2v) is 8.87. The lowest BCUT2D eigenvalue weighted by Crippen LogP contribution is -2.30. The van der Waals surface area contributed by atoms with Crippen molar-refractivity contribution in [3.05, 3.63) is 90.5 Å². The number of nitrogens with zero attached hydrogens (tertiary/aromatic N) is 2. The summed E-state index contributed by atoms with van der Waals surface area (Å²) in [6.07, 6.45) is 1.36. The topological polar surface area (TPSA) is 33.2 Å². The van der Waals surface area contributed by atoms with Crippen LogP contribution >= 0.6 is 23.1 Å². The molecule has 0 bridgehead atoms. The van der Waals surface area contributed by atoms with E-state index in [4.69, 9.17) is 4.98 Å². The van der Waals surface area contributed by atoms with E-state index in [1.807, 2.05) is 59.5 Å². The van der Waals surface area contributed by atoms with Gasteiger partial charge in [0.2, 0.25) is 5.91 Å². The molecule has 0 atom stereocenters. The normalized spacial score (nSPS) is 10.9. The van der Waals surface area contributed by atoms with Crippen LogP contribution in [0.3, 0.4) is 0 Å². The van der Waals surface area contributed by atoms with Gasteiger partial charge in [-0.25, -0.2) is 4.98 Å². The fraction of sp³-hybridized carbons (Fsp3) is 0.167. The molecule has 1 amide bonds. The van der Waals surface area contributed by atoms with Gasteiger partial charge in [0.05, 0.1) is 16.8 Å².